The van der Waals surface area contributed by atoms with E-state index >= 15 is 0 Å². The van der Waals surface area contributed by atoms with E-state index in [0.717, 1.165) is 17.0 Å². The maximum Gasteiger partial charge on any atom is 0.254 e. The van der Waals surface area contributed by atoms with Crippen molar-refractivity contribution in [1.29, 1.82) is 0 Å². The molecule has 7 rings (SSSR count). The van der Waals surface area contributed by atoms with Crippen LogP contribution in [0.1, 0.15) is 17.5 Å². The minimum atomic E-state index is -0.247. The number of ether oxygens (including phenoxy) is 2. The zero-order chi connectivity index (χ0) is 22.7. The molecule has 3 fully saturated rings. The molecule has 1 saturated heterocycles. The fraction of sp³-hybridized carbons (Fsp3) is 0.346. The van der Waals surface area contributed by atoms with E-state index in [2.05, 4.69) is 17.3 Å². The topological polar surface area (TPSA) is 68.2 Å². The molecule has 2 aromatic rings. The second kappa shape index (κ2) is 7.73. The van der Waals surface area contributed by atoms with Crippen molar-refractivity contribution in [2.24, 2.45) is 40.6 Å². The van der Waals surface area contributed by atoms with Crippen LogP contribution in [0.15, 0.2) is 59.7 Å². The molecule has 4 aliphatic carbocycles. The molecular weight excluding hydrogens is 440 g/mol. The van der Waals surface area contributed by atoms with E-state index in [9.17, 15) is 9.59 Å². The van der Waals surface area contributed by atoms with Gasteiger partial charge in [-0.15, -0.1) is 0 Å². The van der Waals surface area contributed by atoms with Crippen molar-refractivity contribution in [2.75, 3.05) is 7.11 Å². The van der Waals surface area contributed by atoms with Gasteiger partial charge in [0.1, 0.15) is 6.61 Å². The molecule has 5 aliphatic rings. The normalized spacial score (nSPS) is 31.2. The summed E-state index contributed by atoms with van der Waals surface area (Å²) in [6.45, 7) is 0.307. The molecule has 0 N–H and O–H groups in total. The van der Waals surface area contributed by atoms with Gasteiger partial charge in [0.2, 0.25) is 0 Å². The van der Waals surface area contributed by atoms with Crippen LogP contribution in [0.4, 0.5) is 0 Å². The average molecular weight is 463 g/mol. The molecular formula is C26H23ClN2O4. The van der Waals surface area contributed by atoms with Crippen LogP contribution in [-0.4, -0.2) is 30.1 Å². The Morgan fingerprint density at radius 1 is 1.03 bits per heavy atom. The van der Waals surface area contributed by atoms with Crippen molar-refractivity contribution in [1.82, 2.24) is 5.01 Å². The first-order chi connectivity index (χ1) is 16.1. The molecule has 7 heteroatoms. The molecule has 0 spiro atoms. The van der Waals surface area contributed by atoms with Gasteiger partial charge in [0, 0.05) is 10.6 Å². The number of halogens is 1. The molecule has 6 nitrogen and oxygen atoms in total. The van der Waals surface area contributed by atoms with Gasteiger partial charge in [-0.2, -0.15) is 10.1 Å². The van der Waals surface area contributed by atoms with Crippen LogP contribution in [0.25, 0.3) is 0 Å². The molecule has 0 unspecified atom stereocenters. The molecule has 6 atom stereocenters. The van der Waals surface area contributed by atoms with Gasteiger partial charge >= 0.3 is 0 Å². The Balaban J connectivity index is 1.18. The number of rotatable bonds is 6. The summed E-state index contributed by atoms with van der Waals surface area (Å²) in [4.78, 5) is 26.1. The minimum Gasteiger partial charge on any atom is -0.493 e. The highest BCUT2D eigenvalue weighted by molar-refractivity contribution is 6.31. The molecule has 2 bridgehead atoms. The standard InChI is InChI=1S/C26H23ClN2O4/c1-32-22-10-14(6-9-21(22)33-13-15-4-2-3-5-20(15)27)12-28-29-25(30)23-16-7-8-17(19-11-18(16)19)24(23)26(29)31/h2-10,12,16-19,23-24H,11,13H2,1H3/b28-12-/t16-,17-,18-,19-,23-,24+/m1/s1. The lowest BCUT2D eigenvalue weighted by atomic mass is 9.63. The molecule has 1 heterocycles. The summed E-state index contributed by atoms with van der Waals surface area (Å²) in [5.41, 5.74) is 1.58. The molecule has 1 aliphatic heterocycles. The average Bonchev–Trinajstić information content (AvgIpc) is 3.62. The van der Waals surface area contributed by atoms with E-state index < -0.39 is 0 Å². The maximum absolute atomic E-state index is 13.1. The molecule has 2 saturated carbocycles. The second-order valence-corrected chi connectivity index (χ2v) is 9.59. The summed E-state index contributed by atoms with van der Waals surface area (Å²) in [5, 5.41) is 6.02. The number of hydrogen-bond acceptors (Lipinski definition) is 5. The van der Waals surface area contributed by atoms with E-state index in [1.54, 1.807) is 19.2 Å². The fourth-order valence-corrected chi connectivity index (χ4v) is 6.02. The maximum atomic E-state index is 13.1. The number of methoxy groups -OCH3 is 1. The third-order valence-electron chi connectivity index (χ3n) is 7.49. The first-order valence-corrected chi connectivity index (χ1v) is 11.6. The van der Waals surface area contributed by atoms with E-state index in [0.29, 0.717) is 40.5 Å². The minimum absolute atomic E-state index is 0.169. The number of benzene rings is 2. The Morgan fingerprint density at radius 3 is 2.39 bits per heavy atom. The van der Waals surface area contributed by atoms with Gasteiger partial charge in [0.15, 0.2) is 11.5 Å². The Kier molecular flexibility index (Phi) is 4.80. The van der Waals surface area contributed by atoms with Crippen molar-refractivity contribution >= 4 is 29.6 Å². The van der Waals surface area contributed by atoms with Crippen molar-refractivity contribution in [2.45, 2.75) is 13.0 Å². The SMILES string of the molecule is COc1cc(/C=N\N2C(=O)[C@@H]3[C@@H]4C=C[C@H]([C@H]5C[C@H]45)[C@@H]3C2=O)ccc1OCc1ccccc1Cl. The van der Waals surface area contributed by atoms with E-state index in [1.165, 1.54) is 6.21 Å². The zero-order valence-corrected chi connectivity index (χ0v) is 18.8. The van der Waals surface area contributed by atoms with Gasteiger partial charge in [0.25, 0.3) is 11.8 Å². The third-order valence-corrected chi connectivity index (χ3v) is 7.86. The quantitative estimate of drug-likeness (QED) is 0.364. The van der Waals surface area contributed by atoms with Gasteiger partial charge in [-0.05, 0) is 59.9 Å². The van der Waals surface area contributed by atoms with Crippen LogP contribution in [0.3, 0.4) is 0 Å². The molecule has 33 heavy (non-hydrogen) atoms. The first kappa shape index (κ1) is 20.5. The van der Waals surface area contributed by atoms with Gasteiger partial charge in [-0.25, -0.2) is 0 Å². The Bertz CT molecular complexity index is 1170. The van der Waals surface area contributed by atoms with Gasteiger partial charge in [-0.1, -0.05) is 42.0 Å². The van der Waals surface area contributed by atoms with Crippen LogP contribution < -0.4 is 9.47 Å². The van der Waals surface area contributed by atoms with Crippen molar-refractivity contribution in [3.8, 4) is 11.5 Å². The molecule has 2 aromatic carbocycles. The van der Waals surface area contributed by atoms with Crippen molar-refractivity contribution in [3.63, 3.8) is 0 Å². The highest BCUT2D eigenvalue weighted by atomic mass is 35.5. The Labute approximate surface area is 196 Å². The van der Waals surface area contributed by atoms with Crippen molar-refractivity contribution < 1.29 is 19.1 Å². The number of carbonyl (C=O) groups is 2. The van der Waals surface area contributed by atoms with Crippen LogP contribution in [0.2, 0.25) is 5.02 Å². The van der Waals surface area contributed by atoms with Gasteiger partial charge in [-0.3, -0.25) is 9.59 Å². The molecule has 0 aromatic heterocycles. The highest BCUT2D eigenvalue weighted by Crippen LogP contribution is 2.65. The lowest BCUT2D eigenvalue weighted by Gasteiger charge is -2.37. The summed E-state index contributed by atoms with van der Waals surface area (Å²) < 4.78 is 11.4. The molecule has 2 amide bonds. The number of carbonyl (C=O) groups excluding carboxylic acids is 2. The van der Waals surface area contributed by atoms with E-state index in [-0.39, 0.29) is 35.5 Å². The largest absolute Gasteiger partial charge is 0.493 e. The van der Waals surface area contributed by atoms with E-state index in [1.807, 2.05) is 30.3 Å². The Hall–Kier alpha value is -3.12. The second-order valence-electron chi connectivity index (χ2n) is 9.18. The van der Waals surface area contributed by atoms with Crippen LogP contribution in [0, 0.1) is 35.5 Å². The number of amides is 2. The summed E-state index contributed by atoms with van der Waals surface area (Å²) in [6.07, 6.45) is 6.99. The molecule has 0 radical (unpaired) electrons. The van der Waals surface area contributed by atoms with Crippen molar-refractivity contribution in [3.05, 3.63) is 70.8 Å². The fourth-order valence-electron chi connectivity index (χ4n) is 5.83. The van der Waals surface area contributed by atoms with Gasteiger partial charge in [0.05, 0.1) is 25.2 Å². The number of imide groups is 1. The molecule has 168 valence electrons. The summed E-state index contributed by atoms with van der Waals surface area (Å²) in [5.74, 6) is 1.79. The number of hydrazone groups is 1. The van der Waals surface area contributed by atoms with Crippen LogP contribution in [0.5, 0.6) is 11.5 Å². The predicted molar refractivity (Wildman–Crippen MR) is 123 cm³/mol. The van der Waals surface area contributed by atoms with Crippen LogP contribution in [-0.2, 0) is 16.2 Å². The third kappa shape index (κ3) is 3.27. The summed E-state index contributed by atoms with van der Waals surface area (Å²) in [7, 11) is 1.56. The van der Waals surface area contributed by atoms with Gasteiger partial charge < -0.3 is 9.47 Å². The van der Waals surface area contributed by atoms with E-state index in [4.69, 9.17) is 21.1 Å². The summed E-state index contributed by atoms with van der Waals surface area (Å²) in [6, 6.07) is 12.9. The number of nitrogens with zero attached hydrogens (tertiary/aromatic N) is 2. The Morgan fingerprint density at radius 2 is 1.73 bits per heavy atom. The predicted octanol–water partition coefficient (Wildman–Crippen LogP) is 4.31. The smallest absolute Gasteiger partial charge is 0.254 e. The lowest BCUT2D eigenvalue weighted by molar-refractivity contribution is -0.140. The monoisotopic (exact) mass is 462 g/mol. The lowest BCUT2D eigenvalue weighted by Crippen LogP contribution is -2.40. The summed E-state index contributed by atoms with van der Waals surface area (Å²) >= 11 is 6.20. The number of allylic oxidation sites excluding steroid dienone is 2. The number of hydrogen-bond donors (Lipinski definition) is 0. The first-order valence-electron chi connectivity index (χ1n) is 11.2. The highest BCUT2D eigenvalue weighted by Gasteiger charge is 2.67. The van der Waals surface area contributed by atoms with Crippen LogP contribution >= 0.6 is 11.6 Å². The zero-order valence-electron chi connectivity index (χ0n) is 18.1.